The molecule has 3 rings (SSSR count). The van der Waals surface area contributed by atoms with E-state index in [2.05, 4.69) is 15.3 Å². The average Bonchev–Trinajstić information content (AvgIpc) is 2.36. The summed E-state index contributed by atoms with van der Waals surface area (Å²) in [6.45, 7) is 0. The van der Waals surface area contributed by atoms with E-state index in [1.165, 1.54) is 12.1 Å². The van der Waals surface area contributed by atoms with Crippen LogP contribution in [0.2, 0.25) is 5.02 Å². The Balaban J connectivity index is 2.19. The molecule has 2 aromatic rings. The molecule has 108 valence electrons. The van der Waals surface area contributed by atoms with Gasteiger partial charge in [0.25, 0.3) is 0 Å². The van der Waals surface area contributed by atoms with Crippen LogP contribution in [0, 0.1) is 5.82 Å². The van der Waals surface area contributed by atoms with Crippen molar-refractivity contribution in [3.8, 4) is 0 Å². The lowest BCUT2D eigenvalue weighted by atomic mass is 9.86. The Bertz CT molecular complexity index is 752. The zero-order chi connectivity index (χ0) is 15.1. The Labute approximate surface area is 124 Å². The molecule has 0 fully saturated rings. The number of carbonyl (C=O) groups excluding carboxylic acids is 1. The number of anilines is 3. The Morgan fingerprint density at radius 3 is 2.81 bits per heavy atom. The molecule has 0 saturated carbocycles. The molecule has 1 aromatic heterocycles. The first-order valence-corrected chi connectivity index (χ1v) is 6.51. The molecule has 1 unspecified atom stereocenters. The summed E-state index contributed by atoms with van der Waals surface area (Å²) in [7, 11) is 0. The molecule has 1 aromatic carbocycles. The molecule has 6 nitrogen and oxygen atoms in total. The lowest BCUT2D eigenvalue weighted by Gasteiger charge is -2.26. The number of rotatable bonds is 1. The Morgan fingerprint density at radius 2 is 2.10 bits per heavy atom. The van der Waals surface area contributed by atoms with Gasteiger partial charge in [-0.25, -0.2) is 4.39 Å². The number of hydrogen-bond donors (Lipinski definition) is 3. The molecule has 5 N–H and O–H groups in total. The van der Waals surface area contributed by atoms with Crippen molar-refractivity contribution in [2.24, 2.45) is 0 Å². The van der Waals surface area contributed by atoms with Gasteiger partial charge in [0, 0.05) is 22.9 Å². The highest BCUT2D eigenvalue weighted by Gasteiger charge is 2.32. The first kappa shape index (κ1) is 13.6. The zero-order valence-electron chi connectivity index (χ0n) is 10.7. The minimum Gasteiger partial charge on any atom is -0.383 e. The topological polar surface area (TPSA) is 107 Å². The van der Waals surface area contributed by atoms with Crippen molar-refractivity contribution in [2.75, 3.05) is 16.8 Å². The van der Waals surface area contributed by atoms with Crippen LogP contribution in [0.15, 0.2) is 18.2 Å². The minimum atomic E-state index is -0.577. The van der Waals surface area contributed by atoms with Crippen LogP contribution in [-0.2, 0) is 4.79 Å². The second-order valence-corrected chi connectivity index (χ2v) is 5.14. The van der Waals surface area contributed by atoms with Gasteiger partial charge in [-0.3, -0.25) is 4.79 Å². The third-order valence-electron chi connectivity index (χ3n) is 3.33. The molecule has 0 aliphatic carbocycles. The van der Waals surface area contributed by atoms with Crippen molar-refractivity contribution in [1.82, 2.24) is 9.97 Å². The van der Waals surface area contributed by atoms with E-state index in [0.29, 0.717) is 11.1 Å². The smallest absolute Gasteiger partial charge is 0.226 e. The van der Waals surface area contributed by atoms with Gasteiger partial charge in [-0.2, -0.15) is 9.97 Å². The van der Waals surface area contributed by atoms with E-state index >= 15 is 0 Å². The van der Waals surface area contributed by atoms with Gasteiger partial charge < -0.3 is 16.8 Å². The number of amides is 1. The molecule has 8 heteroatoms. The fourth-order valence-corrected chi connectivity index (χ4v) is 2.62. The lowest BCUT2D eigenvalue weighted by molar-refractivity contribution is -0.116. The molecule has 0 bridgehead atoms. The van der Waals surface area contributed by atoms with Gasteiger partial charge in [-0.15, -0.1) is 0 Å². The summed E-state index contributed by atoms with van der Waals surface area (Å²) >= 11 is 5.75. The van der Waals surface area contributed by atoms with Crippen molar-refractivity contribution < 1.29 is 9.18 Å². The van der Waals surface area contributed by atoms with Gasteiger partial charge in [0.1, 0.15) is 17.5 Å². The fourth-order valence-electron chi connectivity index (χ4n) is 2.46. The molecule has 1 amide bonds. The van der Waals surface area contributed by atoms with Crippen LogP contribution in [0.3, 0.4) is 0 Å². The van der Waals surface area contributed by atoms with Crippen LogP contribution in [0.1, 0.15) is 23.5 Å². The number of fused-ring (bicyclic) bond motifs is 1. The van der Waals surface area contributed by atoms with Crippen molar-refractivity contribution >= 4 is 35.1 Å². The van der Waals surface area contributed by atoms with Gasteiger partial charge in [0.05, 0.1) is 0 Å². The number of nitrogens with one attached hydrogen (secondary N) is 1. The second kappa shape index (κ2) is 4.85. The highest BCUT2D eigenvalue weighted by Crippen LogP contribution is 2.40. The number of aromatic nitrogens is 2. The Hall–Kier alpha value is -2.41. The quantitative estimate of drug-likeness (QED) is 0.746. The highest BCUT2D eigenvalue weighted by molar-refractivity contribution is 6.30. The second-order valence-electron chi connectivity index (χ2n) is 4.70. The van der Waals surface area contributed by atoms with Crippen LogP contribution in [-0.4, -0.2) is 15.9 Å². The van der Waals surface area contributed by atoms with Gasteiger partial charge in [0.2, 0.25) is 11.9 Å². The summed E-state index contributed by atoms with van der Waals surface area (Å²) in [5.41, 5.74) is 12.2. The van der Waals surface area contributed by atoms with E-state index in [0.717, 1.165) is 0 Å². The molecule has 2 heterocycles. The number of halogens is 2. The fraction of sp³-hybridized carbons (Fsp3) is 0.154. The van der Waals surface area contributed by atoms with Crippen molar-refractivity contribution in [3.63, 3.8) is 0 Å². The summed E-state index contributed by atoms with van der Waals surface area (Å²) in [6, 6.07) is 4.28. The van der Waals surface area contributed by atoms with Crippen molar-refractivity contribution in [3.05, 3.63) is 40.2 Å². The van der Waals surface area contributed by atoms with E-state index in [4.69, 9.17) is 23.1 Å². The minimum absolute atomic E-state index is 0.0447. The molecular weight excluding hydrogens is 297 g/mol. The molecule has 1 atom stereocenters. The van der Waals surface area contributed by atoms with Gasteiger partial charge in [-0.05, 0) is 17.7 Å². The van der Waals surface area contributed by atoms with Crippen LogP contribution >= 0.6 is 11.6 Å². The van der Waals surface area contributed by atoms with Crippen molar-refractivity contribution in [2.45, 2.75) is 12.3 Å². The van der Waals surface area contributed by atoms with E-state index in [-0.39, 0.29) is 34.9 Å². The maximum absolute atomic E-state index is 14.1. The Kier molecular flexibility index (Phi) is 3.13. The molecule has 1 aliphatic heterocycles. The van der Waals surface area contributed by atoms with Crippen LogP contribution in [0.25, 0.3) is 0 Å². The third-order valence-corrected chi connectivity index (χ3v) is 3.56. The maximum Gasteiger partial charge on any atom is 0.226 e. The van der Waals surface area contributed by atoms with Crippen LogP contribution in [0.4, 0.5) is 22.0 Å². The van der Waals surface area contributed by atoms with Crippen LogP contribution in [0.5, 0.6) is 0 Å². The lowest BCUT2D eigenvalue weighted by Crippen LogP contribution is -2.27. The number of nitrogens with zero attached hydrogens (tertiary/aromatic N) is 2. The van der Waals surface area contributed by atoms with E-state index in [1.807, 2.05) is 0 Å². The molecular formula is C13H11ClFN5O. The first-order valence-electron chi connectivity index (χ1n) is 6.13. The van der Waals surface area contributed by atoms with Crippen LogP contribution < -0.4 is 16.8 Å². The predicted molar refractivity (Wildman–Crippen MR) is 77.4 cm³/mol. The number of nitrogen functional groups attached to an aromatic ring is 2. The SMILES string of the molecule is Nc1nc(N)c2c(n1)NC(=O)CC2c1ccc(Cl)cc1F. The van der Waals surface area contributed by atoms with E-state index in [9.17, 15) is 9.18 Å². The monoisotopic (exact) mass is 307 g/mol. The number of benzene rings is 1. The molecule has 0 saturated heterocycles. The average molecular weight is 308 g/mol. The molecule has 0 radical (unpaired) electrons. The largest absolute Gasteiger partial charge is 0.383 e. The van der Waals surface area contributed by atoms with Crippen molar-refractivity contribution in [1.29, 1.82) is 0 Å². The van der Waals surface area contributed by atoms with Gasteiger partial charge in [-0.1, -0.05) is 17.7 Å². The first-order chi connectivity index (χ1) is 9.95. The molecule has 21 heavy (non-hydrogen) atoms. The summed E-state index contributed by atoms with van der Waals surface area (Å²) in [4.78, 5) is 19.6. The number of carbonyl (C=O) groups is 1. The zero-order valence-corrected chi connectivity index (χ0v) is 11.5. The van der Waals surface area contributed by atoms with Gasteiger partial charge in [0.15, 0.2) is 0 Å². The maximum atomic E-state index is 14.1. The summed E-state index contributed by atoms with van der Waals surface area (Å²) < 4.78 is 14.1. The summed E-state index contributed by atoms with van der Waals surface area (Å²) in [5.74, 6) is -1.09. The van der Waals surface area contributed by atoms with E-state index < -0.39 is 11.7 Å². The standard InChI is InChI=1S/C13H11ClFN5O/c14-5-1-2-6(8(15)3-5)7-4-9(21)18-12-10(7)11(16)19-13(17)20-12/h1-3,7H,4H2,(H5,16,17,18,19,20,21). The number of nitrogens with two attached hydrogens (primary N) is 2. The Morgan fingerprint density at radius 1 is 1.33 bits per heavy atom. The van der Waals surface area contributed by atoms with E-state index in [1.54, 1.807) is 6.07 Å². The summed E-state index contributed by atoms with van der Waals surface area (Å²) in [5, 5.41) is 2.85. The highest BCUT2D eigenvalue weighted by atomic mass is 35.5. The molecule has 1 aliphatic rings. The van der Waals surface area contributed by atoms with Gasteiger partial charge >= 0.3 is 0 Å². The third kappa shape index (κ3) is 2.36. The molecule has 0 spiro atoms. The predicted octanol–water partition coefficient (Wildman–Crippen LogP) is 1.91. The summed E-state index contributed by atoms with van der Waals surface area (Å²) in [6.07, 6.45) is 0.0447. The normalized spacial score (nSPS) is 17.2. The number of hydrogen-bond acceptors (Lipinski definition) is 5.